The van der Waals surface area contributed by atoms with Crippen molar-refractivity contribution >= 4 is 11.6 Å². The van der Waals surface area contributed by atoms with E-state index in [1.54, 1.807) is 4.90 Å². The van der Waals surface area contributed by atoms with E-state index in [0.717, 1.165) is 6.42 Å². The smallest absolute Gasteiger partial charge is 0.269 e. The number of amides is 1. The summed E-state index contributed by atoms with van der Waals surface area (Å²) in [6.07, 6.45) is 0.804. The Morgan fingerprint density at radius 1 is 1.41 bits per heavy atom. The molecule has 90 valence electrons. The fraction of sp³-hybridized carbons (Fsp3) is 0.364. The van der Waals surface area contributed by atoms with E-state index in [1.807, 2.05) is 0 Å². The molecule has 0 aromatic heterocycles. The van der Waals surface area contributed by atoms with Gasteiger partial charge in [-0.05, 0) is 18.6 Å². The van der Waals surface area contributed by atoms with Gasteiger partial charge < -0.3 is 10.6 Å². The fourth-order valence-electron chi connectivity index (χ4n) is 1.88. The molecule has 0 unspecified atom stereocenters. The zero-order valence-corrected chi connectivity index (χ0v) is 9.20. The summed E-state index contributed by atoms with van der Waals surface area (Å²) in [5, 5.41) is 10.5. The first-order chi connectivity index (χ1) is 8.08. The maximum atomic E-state index is 12.0. The van der Waals surface area contributed by atoms with Crippen LogP contribution in [-0.2, 0) is 0 Å². The zero-order valence-electron chi connectivity index (χ0n) is 9.20. The normalized spacial score (nSPS) is 19.4. The highest BCUT2D eigenvalue weighted by Gasteiger charge is 2.24. The Labute approximate surface area is 98.2 Å². The Bertz CT molecular complexity index is 444. The molecule has 1 saturated heterocycles. The number of rotatable bonds is 2. The van der Waals surface area contributed by atoms with E-state index in [9.17, 15) is 14.9 Å². The highest BCUT2D eigenvalue weighted by atomic mass is 16.6. The van der Waals surface area contributed by atoms with Crippen molar-refractivity contribution in [1.29, 1.82) is 0 Å². The van der Waals surface area contributed by atoms with Gasteiger partial charge in [0.2, 0.25) is 0 Å². The summed E-state index contributed by atoms with van der Waals surface area (Å²) >= 11 is 0. The predicted octanol–water partition coefficient (Wildman–Crippen LogP) is 0.768. The van der Waals surface area contributed by atoms with Gasteiger partial charge in [-0.15, -0.1) is 0 Å². The van der Waals surface area contributed by atoms with Crippen molar-refractivity contribution in [2.45, 2.75) is 12.5 Å². The number of carbonyl (C=O) groups excluding carboxylic acids is 1. The number of nitrogens with zero attached hydrogens (tertiary/aromatic N) is 2. The van der Waals surface area contributed by atoms with Crippen LogP contribution in [0, 0.1) is 10.1 Å². The minimum Gasteiger partial charge on any atom is -0.337 e. The third-order valence-electron chi connectivity index (χ3n) is 2.84. The molecule has 1 fully saturated rings. The molecule has 1 aliphatic heterocycles. The summed E-state index contributed by atoms with van der Waals surface area (Å²) in [5.41, 5.74) is 6.17. The van der Waals surface area contributed by atoms with Crippen LogP contribution in [-0.4, -0.2) is 34.9 Å². The highest BCUT2D eigenvalue weighted by molar-refractivity contribution is 5.94. The summed E-state index contributed by atoms with van der Waals surface area (Å²) in [4.78, 5) is 23.6. The zero-order chi connectivity index (χ0) is 12.4. The van der Waals surface area contributed by atoms with E-state index < -0.39 is 4.92 Å². The molecule has 6 nitrogen and oxygen atoms in total. The second-order valence-corrected chi connectivity index (χ2v) is 4.10. The number of hydrogen-bond donors (Lipinski definition) is 1. The first kappa shape index (κ1) is 11.5. The molecule has 0 aliphatic carbocycles. The SMILES string of the molecule is N[C@H]1CCN(C(=O)c2ccc([N+](=O)[O-])cc2)C1. The van der Waals surface area contributed by atoms with Crippen LogP contribution in [0.1, 0.15) is 16.8 Å². The molecule has 17 heavy (non-hydrogen) atoms. The standard InChI is InChI=1S/C11H13N3O3/c12-9-5-6-13(7-9)11(15)8-1-3-10(4-2-8)14(16)17/h1-4,9H,5-7,12H2/t9-/m0/s1. The molecule has 1 atom stereocenters. The average molecular weight is 235 g/mol. The van der Waals surface area contributed by atoms with Crippen molar-refractivity contribution in [3.05, 3.63) is 39.9 Å². The number of nitro groups is 1. The molecule has 2 N–H and O–H groups in total. The lowest BCUT2D eigenvalue weighted by Crippen LogP contribution is -2.31. The second kappa shape index (κ2) is 4.50. The van der Waals surface area contributed by atoms with E-state index in [1.165, 1.54) is 24.3 Å². The van der Waals surface area contributed by atoms with Crippen molar-refractivity contribution in [2.75, 3.05) is 13.1 Å². The van der Waals surface area contributed by atoms with Crippen LogP contribution < -0.4 is 5.73 Å². The Balaban J connectivity index is 2.12. The van der Waals surface area contributed by atoms with Crippen LogP contribution in [0.25, 0.3) is 0 Å². The molecule has 0 saturated carbocycles. The third-order valence-corrected chi connectivity index (χ3v) is 2.84. The van der Waals surface area contributed by atoms with Crippen molar-refractivity contribution in [3.63, 3.8) is 0 Å². The number of hydrogen-bond acceptors (Lipinski definition) is 4. The molecule has 1 amide bonds. The summed E-state index contributed by atoms with van der Waals surface area (Å²) < 4.78 is 0. The number of likely N-dealkylation sites (tertiary alicyclic amines) is 1. The van der Waals surface area contributed by atoms with E-state index in [-0.39, 0.29) is 17.6 Å². The Kier molecular flexibility index (Phi) is 3.06. The summed E-state index contributed by atoms with van der Waals surface area (Å²) in [6, 6.07) is 5.66. The van der Waals surface area contributed by atoms with Gasteiger partial charge >= 0.3 is 0 Å². The van der Waals surface area contributed by atoms with E-state index in [2.05, 4.69) is 0 Å². The Hall–Kier alpha value is -1.95. The molecule has 1 aliphatic rings. The number of nitrogens with two attached hydrogens (primary N) is 1. The largest absolute Gasteiger partial charge is 0.337 e. The molecule has 0 spiro atoms. The van der Waals surface area contributed by atoms with Crippen LogP contribution in [0.15, 0.2) is 24.3 Å². The van der Waals surface area contributed by atoms with Crippen LogP contribution >= 0.6 is 0 Å². The van der Waals surface area contributed by atoms with Gasteiger partial charge in [-0.2, -0.15) is 0 Å². The van der Waals surface area contributed by atoms with E-state index in [0.29, 0.717) is 18.7 Å². The van der Waals surface area contributed by atoms with Crippen LogP contribution in [0.5, 0.6) is 0 Å². The molecule has 6 heteroatoms. The van der Waals surface area contributed by atoms with E-state index in [4.69, 9.17) is 5.73 Å². The van der Waals surface area contributed by atoms with Gasteiger partial charge in [0.25, 0.3) is 11.6 Å². The molecule has 1 heterocycles. The quantitative estimate of drug-likeness (QED) is 0.605. The maximum Gasteiger partial charge on any atom is 0.269 e. The van der Waals surface area contributed by atoms with Gasteiger partial charge in [-0.3, -0.25) is 14.9 Å². The van der Waals surface area contributed by atoms with E-state index >= 15 is 0 Å². The van der Waals surface area contributed by atoms with Gasteiger partial charge in [0, 0.05) is 36.8 Å². The first-order valence-corrected chi connectivity index (χ1v) is 5.37. The van der Waals surface area contributed by atoms with Crippen molar-refractivity contribution in [1.82, 2.24) is 4.90 Å². The van der Waals surface area contributed by atoms with Crippen molar-refractivity contribution < 1.29 is 9.72 Å². The number of non-ortho nitro benzene ring substituents is 1. The first-order valence-electron chi connectivity index (χ1n) is 5.37. The van der Waals surface area contributed by atoms with Crippen molar-refractivity contribution in [2.24, 2.45) is 5.73 Å². The lowest BCUT2D eigenvalue weighted by molar-refractivity contribution is -0.384. The minimum atomic E-state index is -0.486. The topological polar surface area (TPSA) is 89.5 Å². The van der Waals surface area contributed by atoms with Crippen molar-refractivity contribution in [3.8, 4) is 0 Å². The van der Waals surface area contributed by atoms with Crippen LogP contribution in [0.3, 0.4) is 0 Å². The average Bonchev–Trinajstić information content (AvgIpc) is 2.75. The number of carbonyl (C=O) groups is 1. The molecule has 0 radical (unpaired) electrons. The monoisotopic (exact) mass is 235 g/mol. The lowest BCUT2D eigenvalue weighted by atomic mass is 10.2. The molecular formula is C11H13N3O3. The van der Waals surface area contributed by atoms with Gasteiger partial charge in [-0.1, -0.05) is 0 Å². The fourth-order valence-corrected chi connectivity index (χ4v) is 1.88. The van der Waals surface area contributed by atoms with Crippen LogP contribution in [0.2, 0.25) is 0 Å². The Morgan fingerprint density at radius 3 is 2.53 bits per heavy atom. The highest BCUT2D eigenvalue weighted by Crippen LogP contribution is 2.16. The van der Waals surface area contributed by atoms with Gasteiger partial charge in [0.1, 0.15) is 0 Å². The van der Waals surface area contributed by atoms with Gasteiger partial charge in [-0.25, -0.2) is 0 Å². The maximum absolute atomic E-state index is 12.0. The van der Waals surface area contributed by atoms with Gasteiger partial charge in [0.05, 0.1) is 4.92 Å². The molecule has 1 aromatic carbocycles. The van der Waals surface area contributed by atoms with Crippen LogP contribution in [0.4, 0.5) is 5.69 Å². The molecule has 1 aromatic rings. The number of benzene rings is 1. The molecule has 0 bridgehead atoms. The summed E-state index contributed by atoms with van der Waals surface area (Å²) in [6.45, 7) is 1.20. The summed E-state index contributed by atoms with van der Waals surface area (Å²) in [5.74, 6) is -0.118. The molecule has 2 rings (SSSR count). The lowest BCUT2D eigenvalue weighted by Gasteiger charge is -2.15. The Morgan fingerprint density at radius 2 is 2.06 bits per heavy atom. The number of nitro benzene ring substituents is 1. The minimum absolute atomic E-state index is 0.0142. The second-order valence-electron chi connectivity index (χ2n) is 4.10. The summed E-state index contributed by atoms with van der Waals surface area (Å²) in [7, 11) is 0. The molecular weight excluding hydrogens is 222 g/mol. The van der Waals surface area contributed by atoms with Gasteiger partial charge in [0.15, 0.2) is 0 Å². The predicted molar refractivity (Wildman–Crippen MR) is 61.6 cm³/mol. The third kappa shape index (κ3) is 2.42.